The summed E-state index contributed by atoms with van der Waals surface area (Å²) in [6.45, 7) is 2.76. The summed E-state index contributed by atoms with van der Waals surface area (Å²) in [5, 5.41) is 8.81. The Kier molecular flexibility index (Phi) is 5.85. The van der Waals surface area contributed by atoms with Gasteiger partial charge in [-0.3, -0.25) is 4.79 Å². The Labute approximate surface area is 126 Å². The largest absolute Gasteiger partial charge is 0.481 e. The quantitative estimate of drug-likeness (QED) is 0.859. The fourth-order valence-corrected chi connectivity index (χ4v) is 3.15. The Morgan fingerprint density at radius 3 is 2.52 bits per heavy atom. The van der Waals surface area contributed by atoms with Crippen molar-refractivity contribution in [2.45, 2.75) is 44.6 Å². The fourth-order valence-electron chi connectivity index (χ4n) is 3.15. The van der Waals surface area contributed by atoms with Crippen LogP contribution in [0.2, 0.25) is 0 Å². The highest BCUT2D eigenvalue weighted by atomic mass is 16.5. The Balaban J connectivity index is 1.74. The summed E-state index contributed by atoms with van der Waals surface area (Å²) >= 11 is 0. The first-order chi connectivity index (χ1) is 10.1. The maximum Gasteiger partial charge on any atom is 0.319 e. The number of aliphatic carboxylic acids is 1. The molecule has 2 aliphatic heterocycles. The Morgan fingerprint density at radius 2 is 1.95 bits per heavy atom. The maximum absolute atomic E-state index is 12.4. The van der Waals surface area contributed by atoms with Crippen LogP contribution in [0.4, 0.5) is 4.79 Å². The Morgan fingerprint density at radius 1 is 1.24 bits per heavy atom. The lowest BCUT2D eigenvalue weighted by atomic mass is 9.94. The molecule has 0 aliphatic carbocycles. The van der Waals surface area contributed by atoms with E-state index in [1.807, 2.05) is 11.9 Å². The number of carboxylic acid groups (broad SMARTS) is 1. The van der Waals surface area contributed by atoms with E-state index < -0.39 is 5.97 Å². The van der Waals surface area contributed by atoms with E-state index in [0.29, 0.717) is 19.6 Å². The van der Waals surface area contributed by atoms with Gasteiger partial charge in [0.05, 0.1) is 6.10 Å². The average Bonchev–Trinajstić information content (AvgIpc) is 2.47. The summed E-state index contributed by atoms with van der Waals surface area (Å²) in [7, 11) is 1.82. The van der Waals surface area contributed by atoms with Crippen LogP contribution in [-0.4, -0.2) is 66.3 Å². The summed E-state index contributed by atoms with van der Waals surface area (Å²) in [4.78, 5) is 26.7. The van der Waals surface area contributed by atoms with Gasteiger partial charge in [-0.2, -0.15) is 0 Å². The average molecular weight is 298 g/mol. The smallest absolute Gasteiger partial charge is 0.319 e. The zero-order chi connectivity index (χ0) is 15.2. The molecule has 2 fully saturated rings. The molecular formula is C15H26N2O4. The van der Waals surface area contributed by atoms with Crippen molar-refractivity contribution in [3.05, 3.63) is 0 Å². The van der Waals surface area contributed by atoms with E-state index in [2.05, 4.69) is 0 Å². The van der Waals surface area contributed by atoms with Gasteiger partial charge in [-0.25, -0.2) is 4.79 Å². The molecular weight excluding hydrogens is 272 g/mol. The summed E-state index contributed by atoms with van der Waals surface area (Å²) in [6.07, 6.45) is 5.26. The van der Waals surface area contributed by atoms with Crippen LogP contribution in [0.5, 0.6) is 0 Å². The molecule has 0 aromatic carbocycles. The SMILES string of the molecule is CN(CC1CCCCO1)C(=O)N1CCC(CC(=O)O)CC1. The van der Waals surface area contributed by atoms with Gasteiger partial charge in [-0.05, 0) is 38.0 Å². The molecule has 1 N–H and O–H groups in total. The number of amides is 2. The third-order valence-corrected chi connectivity index (χ3v) is 4.43. The highest BCUT2D eigenvalue weighted by Crippen LogP contribution is 2.21. The zero-order valence-electron chi connectivity index (χ0n) is 12.8. The molecule has 2 heterocycles. The molecule has 2 saturated heterocycles. The van der Waals surface area contributed by atoms with Crippen molar-refractivity contribution in [2.24, 2.45) is 5.92 Å². The van der Waals surface area contributed by atoms with Gasteiger partial charge >= 0.3 is 12.0 Å². The van der Waals surface area contributed by atoms with Crippen molar-refractivity contribution in [3.8, 4) is 0 Å². The van der Waals surface area contributed by atoms with Crippen LogP contribution in [0.1, 0.15) is 38.5 Å². The molecule has 1 atom stereocenters. The molecule has 0 saturated carbocycles. The van der Waals surface area contributed by atoms with Gasteiger partial charge in [0.25, 0.3) is 0 Å². The van der Waals surface area contributed by atoms with Crippen molar-refractivity contribution in [1.29, 1.82) is 0 Å². The molecule has 0 bridgehead atoms. The number of likely N-dealkylation sites (tertiary alicyclic amines) is 1. The van der Waals surface area contributed by atoms with Crippen LogP contribution in [0.25, 0.3) is 0 Å². The standard InChI is InChI=1S/C15H26N2O4/c1-16(11-13-4-2-3-9-21-13)15(20)17-7-5-12(6-8-17)10-14(18)19/h12-13H,2-11H2,1H3,(H,18,19). The highest BCUT2D eigenvalue weighted by Gasteiger charge is 2.27. The number of carbonyl (C=O) groups excluding carboxylic acids is 1. The molecule has 2 rings (SSSR count). The molecule has 0 aromatic rings. The number of carbonyl (C=O) groups is 2. The van der Waals surface area contributed by atoms with Crippen molar-refractivity contribution < 1.29 is 19.4 Å². The van der Waals surface area contributed by atoms with E-state index in [1.165, 1.54) is 6.42 Å². The third-order valence-electron chi connectivity index (χ3n) is 4.43. The lowest BCUT2D eigenvalue weighted by Gasteiger charge is -2.35. The number of piperidine rings is 1. The van der Waals surface area contributed by atoms with E-state index in [1.54, 1.807) is 4.90 Å². The topological polar surface area (TPSA) is 70.1 Å². The second kappa shape index (κ2) is 7.64. The second-order valence-electron chi connectivity index (χ2n) is 6.18. The minimum absolute atomic E-state index is 0.0398. The van der Waals surface area contributed by atoms with Gasteiger partial charge in [0.1, 0.15) is 0 Å². The molecule has 1 unspecified atom stereocenters. The maximum atomic E-state index is 12.4. The van der Waals surface area contributed by atoms with E-state index in [4.69, 9.17) is 9.84 Å². The molecule has 120 valence electrons. The van der Waals surface area contributed by atoms with Crippen molar-refractivity contribution >= 4 is 12.0 Å². The highest BCUT2D eigenvalue weighted by molar-refractivity contribution is 5.74. The number of hydrogen-bond acceptors (Lipinski definition) is 3. The predicted molar refractivity (Wildman–Crippen MR) is 78.2 cm³/mol. The molecule has 2 amide bonds. The van der Waals surface area contributed by atoms with Crippen molar-refractivity contribution in [3.63, 3.8) is 0 Å². The van der Waals surface area contributed by atoms with Crippen LogP contribution >= 0.6 is 0 Å². The van der Waals surface area contributed by atoms with Gasteiger partial charge in [-0.1, -0.05) is 0 Å². The van der Waals surface area contributed by atoms with Crippen LogP contribution in [0.15, 0.2) is 0 Å². The summed E-state index contributed by atoms with van der Waals surface area (Å²) < 4.78 is 5.67. The van der Waals surface area contributed by atoms with Crippen molar-refractivity contribution in [2.75, 3.05) is 33.3 Å². The van der Waals surface area contributed by atoms with Crippen LogP contribution < -0.4 is 0 Å². The van der Waals surface area contributed by atoms with Crippen LogP contribution in [0.3, 0.4) is 0 Å². The molecule has 2 aliphatic rings. The summed E-state index contributed by atoms with van der Waals surface area (Å²) in [6, 6.07) is 0.0398. The lowest BCUT2D eigenvalue weighted by molar-refractivity contribution is -0.138. The Hall–Kier alpha value is -1.30. The van der Waals surface area contributed by atoms with Gasteiger partial charge in [0, 0.05) is 39.7 Å². The van der Waals surface area contributed by atoms with Gasteiger partial charge in [0.15, 0.2) is 0 Å². The first kappa shape index (κ1) is 16.1. The molecule has 0 aromatic heterocycles. The van der Waals surface area contributed by atoms with Gasteiger partial charge in [0.2, 0.25) is 0 Å². The second-order valence-corrected chi connectivity index (χ2v) is 6.18. The monoisotopic (exact) mass is 298 g/mol. The number of urea groups is 1. The van der Waals surface area contributed by atoms with Crippen LogP contribution in [0, 0.1) is 5.92 Å². The third kappa shape index (κ3) is 4.88. The van der Waals surface area contributed by atoms with E-state index in [9.17, 15) is 9.59 Å². The minimum Gasteiger partial charge on any atom is -0.481 e. The molecule has 6 heteroatoms. The fraction of sp³-hybridized carbons (Fsp3) is 0.867. The number of hydrogen-bond donors (Lipinski definition) is 1. The molecule has 6 nitrogen and oxygen atoms in total. The number of rotatable bonds is 4. The molecule has 0 spiro atoms. The van der Waals surface area contributed by atoms with E-state index in [-0.39, 0.29) is 24.5 Å². The number of nitrogens with zero attached hydrogens (tertiary/aromatic N) is 2. The van der Waals surface area contributed by atoms with Crippen molar-refractivity contribution in [1.82, 2.24) is 9.80 Å². The lowest BCUT2D eigenvalue weighted by Crippen LogP contribution is -2.48. The normalized spacial score (nSPS) is 23.9. The first-order valence-electron chi connectivity index (χ1n) is 7.89. The predicted octanol–water partition coefficient (Wildman–Crippen LogP) is 1.79. The molecule has 21 heavy (non-hydrogen) atoms. The number of likely N-dealkylation sites (N-methyl/N-ethyl adjacent to an activating group) is 1. The van der Waals surface area contributed by atoms with Crippen LogP contribution in [-0.2, 0) is 9.53 Å². The molecule has 0 radical (unpaired) electrons. The summed E-state index contributed by atoms with van der Waals surface area (Å²) in [5.41, 5.74) is 0. The first-order valence-corrected chi connectivity index (χ1v) is 7.89. The number of ether oxygens (including phenoxy) is 1. The number of carboxylic acids is 1. The summed E-state index contributed by atoms with van der Waals surface area (Å²) in [5.74, 6) is -0.537. The van der Waals surface area contributed by atoms with Gasteiger partial charge in [-0.15, -0.1) is 0 Å². The van der Waals surface area contributed by atoms with Gasteiger partial charge < -0.3 is 19.6 Å². The van der Waals surface area contributed by atoms with E-state index in [0.717, 1.165) is 32.3 Å². The zero-order valence-corrected chi connectivity index (χ0v) is 12.8. The van der Waals surface area contributed by atoms with E-state index >= 15 is 0 Å². The minimum atomic E-state index is -0.744. The Bertz CT molecular complexity index is 361.